The first-order chi connectivity index (χ1) is 18.5. The average molecular weight is 582 g/mol. The van der Waals surface area contributed by atoms with Crippen LogP contribution in [0.4, 0.5) is 11.4 Å². The van der Waals surface area contributed by atoms with E-state index >= 15 is 0 Å². The lowest BCUT2D eigenvalue weighted by molar-refractivity contribution is -0.174. The fourth-order valence-electron chi connectivity index (χ4n) is 6.55. The van der Waals surface area contributed by atoms with Gasteiger partial charge in [0.15, 0.2) is 0 Å². The molecule has 2 aliphatic carbocycles. The molecule has 1 amide bonds. The van der Waals surface area contributed by atoms with Crippen molar-refractivity contribution in [1.29, 1.82) is 0 Å². The van der Waals surface area contributed by atoms with Gasteiger partial charge in [0.05, 0.1) is 25.5 Å². The van der Waals surface area contributed by atoms with Crippen LogP contribution in [-0.2, 0) is 34.4 Å². The van der Waals surface area contributed by atoms with E-state index in [9.17, 15) is 26.4 Å². The van der Waals surface area contributed by atoms with Crippen LogP contribution in [0.5, 0.6) is 0 Å². The zero-order valence-electron chi connectivity index (χ0n) is 22.1. The highest BCUT2D eigenvalue weighted by Gasteiger charge is 2.52. The van der Waals surface area contributed by atoms with E-state index in [4.69, 9.17) is 4.74 Å². The van der Waals surface area contributed by atoms with Crippen molar-refractivity contribution in [3.05, 3.63) is 18.2 Å². The van der Waals surface area contributed by atoms with Gasteiger partial charge in [-0.15, -0.1) is 4.40 Å². The predicted octanol–water partition coefficient (Wildman–Crippen LogP) is 2.45. The van der Waals surface area contributed by atoms with E-state index in [0.29, 0.717) is 12.3 Å². The van der Waals surface area contributed by atoms with Crippen LogP contribution in [0.25, 0.3) is 0 Å². The van der Waals surface area contributed by atoms with Crippen molar-refractivity contribution in [2.75, 3.05) is 23.4 Å². The van der Waals surface area contributed by atoms with Gasteiger partial charge in [-0.2, -0.15) is 8.42 Å². The molecule has 0 aromatic heterocycles. The summed E-state index contributed by atoms with van der Waals surface area (Å²) >= 11 is 0. The Hall–Kier alpha value is -2.71. The molecule has 14 heteroatoms. The number of esters is 1. The van der Waals surface area contributed by atoms with E-state index < -0.39 is 26.1 Å². The largest absolute Gasteiger partial charge is 0.468 e. The quantitative estimate of drug-likeness (QED) is 0.462. The Balaban J connectivity index is 1.43. The van der Waals surface area contributed by atoms with E-state index in [1.54, 1.807) is 5.01 Å². The molecule has 214 valence electrons. The number of hydrogen-bond donors (Lipinski definition) is 2. The summed E-state index contributed by atoms with van der Waals surface area (Å²) in [4.78, 5) is 26.7. The minimum atomic E-state index is -4.19. The molecule has 3 fully saturated rings. The van der Waals surface area contributed by atoms with E-state index in [1.807, 2.05) is 5.01 Å². The number of fused-ring (bicyclic) bond motifs is 2. The highest BCUT2D eigenvalue weighted by molar-refractivity contribution is 7.92. The fraction of sp³-hybridized carbons (Fsp3) is 0.640. The summed E-state index contributed by atoms with van der Waals surface area (Å²) in [6.07, 6.45) is 8.90. The molecule has 3 atom stereocenters. The number of nitrogens with zero attached hydrogens (tertiary/aromatic N) is 3. The number of amidine groups is 1. The van der Waals surface area contributed by atoms with Crippen LogP contribution in [0.1, 0.15) is 64.2 Å². The second kappa shape index (κ2) is 10.7. The monoisotopic (exact) mass is 581 g/mol. The molecule has 1 aromatic carbocycles. The highest BCUT2D eigenvalue weighted by atomic mass is 32.2. The number of sulfonamides is 2. The van der Waals surface area contributed by atoms with Crippen LogP contribution in [-0.4, -0.2) is 76.1 Å². The molecule has 4 aliphatic rings. The maximum absolute atomic E-state index is 14.0. The lowest BCUT2D eigenvalue weighted by atomic mass is 9.94. The standard InChI is InChI=1S/C25H35N5O7S2/c1-37-25(32)21-13-16-7-6-10-20(16)30(21)29(18-8-4-3-5-9-18)24(31)15-23-26-19-12-11-17(27-38(2,33)34)14-22(19)39(35,36)28-23/h11-12,14,16,18,20-21,27H,3-10,13,15H2,1-2H3,(H,26,28). The average Bonchev–Trinajstić information content (AvgIpc) is 3.46. The van der Waals surface area contributed by atoms with Crippen molar-refractivity contribution in [3.63, 3.8) is 0 Å². The second-order valence-corrected chi connectivity index (χ2v) is 14.2. The molecule has 0 spiro atoms. The van der Waals surface area contributed by atoms with Gasteiger partial charge in [-0.05, 0) is 56.2 Å². The van der Waals surface area contributed by atoms with Gasteiger partial charge in [0.25, 0.3) is 10.0 Å². The van der Waals surface area contributed by atoms with Crippen molar-refractivity contribution in [3.8, 4) is 0 Å². The van der Waals surface area contributed by atoms with Crippen LogP contribution in [0.15, 0.2) is 27.5 Å². The van der Waals surface area contributed by atoms with E-state index in [0.717, 1.165) is 57.6 Å². The Bertz CT molecular complexity index is 1390. The third kappa shape index (κ3) is 5.78. The molecule has 1 saturated heterocycles. The number of benzene rings is 1. The molecule has 2 saturated carbocycles. The Morgan fingerprint density at radius 2 is 1.90 bits per heavy atom. The van der Waals surface area contributed by atoms with E-state index in [2.05, 4.69) is 14.4 Å². The van der Waals surface area contributed by atoms with Gasteiger partial charge in [-0.25, -0.2) is 13.4 Å². The summed E-state index contributed by atoms with van der Waals surface area (Å²) in [5.41, 5.74) is 0.300. The predicted molar refractivity (Wildman–Crippen MR) is 145 cm³/mol. The van der Waals surface area contributed by atoms with Crippen LogP contribution < -0.4 is 10.0 Å². The normalized spacial score (nSPS) is 26.6. The van der Waals surface area contributed by atoms with Gasteiger partial charge in [0, 0.05) is 17.8 Å². The van der Waals surface area contributed by atoms with E-state index in [1.165, 1.54) is 25.3 Å². The molecule has 2 heterocycles. The summed E-state index contributed by atoms with van der Waals surface area (Å²) in [6, 6.07) is 3.49. The number of hydrazine groups is 1. The van der Waals surface area contributed by atoms with Crippen molar-refractivity contribution >= 4 is 49.1 Å². The number of methoxy groups -OCH3 is 1. The summed E-state index contributed by atoms with van der Waals surface area (Å²) in [5.74, 6) is -0.390. The van der Waals surface area contributed by atoms with Gasteiger partial charge in [-0.3, -0.25) is 19.3 Å². The molecule has 2 N–H and O–H groups in total. The molecule has 3 unspecified atom stereocenters. The molecule has 0 radical (unpaired) electrons. The number of hydrogen-bond acceptors (Lipinski definition) is 9. The minimum absolute atomic E-state index is 0.0195. The van der Waals surface area contributed by atoms with Crippen LogP contribution in [0.3, 0.4) is 0 Å². The van der Waals surface area contributed by atoms with Gasteiger partial charge < -0.3 is 10.1 Å². The van der Waals surface area contributed by atoms with E-state index in [-0.39, 0.29) is 52.5 Å². The molecule has 39 heavy (non-hydrogen) atoms. The van der Waals surface area contributed by atoms with Gasteiger partial charge in [0.1, 0.15) is 16.8 Å². The topological polar surface area (TPSA) is 155 Å². The molecular formula is C25H35N5O7S2. The maximum Gasteiger partial charge on any atom is 0.324 e. The van der Waals surface area contributed by atoms with Gasteiger partial charge >= 0.3 is 5.97 Å². The summed E-state index contributed by atoms with van der Waals surface area (Å²) in [7, 11) is -6.44. The number of carbonyl (C=O) groups excluding carboxylic acids is 2. The number of amides is 1. The second-order valence-electron chi connectivity index (χ2n) is 10.8. The molecule has 1 aromatic rings. The first kappa shape index (κ1) is 27.8. The highest BCUT2D eigenvalue weighted by Crippen LogP contribution is 2.44. The SMILES string of the molecule is COC(=O)C1CC2CCCC2N1N(C(=O)CC1=NS(=O)(=O)c2cc(NS(C)(=O)=O)ccc2N1)C1CCCCC1. The number of ether oxygens (including phenoxy) is 1. The molecular weight excluding hydrogens is 546 g/mol. The fourth-order valence-corrected chi connectivity index (χ4v) is 8.28. The van der Waals surface area contributed by atoms with Crippen LogP contribution >= 0.6 is 0 Å². The van der Waals surface area contributed by atoms with Crippen LogP contribution in [0.2, 0.25) is 0 Å². The Morgan fingerprint density at radius 3 is 2.59 bits per heavy atom. The Kier molecular flexibility index (Phi) is 7.63. The molecule has 12 nitrogen and oxygen atoms in total. The Labute approximate surface area is 229 Å². The number of rotatable bonds is 7. The zero-order valence-corrected chi connectivity index (χ0v) is 23.8. The third-order valence-electron chi connectivity index (χ3n) is 8.09. The van der Waals surface area contributed by atoms with Crippen molar-refractivity contribution < 1.29 is 31.2 Å². The smallest absolute Gasteiger partial charge is 0.324 e. The van der Waals surface area contributed by atoms with Crippen molar-refractivity contribution in [2.24, 2.45) is 10.3 Å². The van der Waals surface area contributed by atoms with Crippen molar-refractivity contribution in [1.82, 2.24) is 10.0 Å². The van der Waals surface area contributed by atoms with Gasteiger partial charge in [-0.1, -0.05) is 25.7 Å². The zero-order chi connectivity index (χ0) is 27.9. The van der Waals surface area contributed by atoms with Gasteiger partial charge in [0.2, 0.25) is 15.9 Å². The van der Waals surface area contributed by atoms with Crippen molar-refractivity contribution in [2.45, 2.75) is 87.2 Å². The number of carbonyl (C=O) groups is 2. The molecule has 5 rings (SSSR count). The lowest BCUT2D eigenvalue weighted by Crippen LogP contribution is -2.59. The number of anilines is 2. The minimum Gasteiger partial charge on any atom is -0.468 e. The maximum atomic E-state index is 14.0. The Morgan fingerprint density at radius 1 is 1.15 bits per heavy atom. The summed E-state index contributed by atoms with van der Waals surface area (Å²) in [5, 5.41) is 6.64. The molecule has 2 aliphatic heterocycles. The third-order valence-corrected chi connectivity index (χ3v) is 10.1. The van der Waals surface area contributed by atoms with Crippen LogP contribution in [0, 0.1) is 5.92 Å². The number of nitrogens with one attached hydrogen (secondary N) is 2. The molecule has 0 bridgehead atoms. The first-order valence-electron chi connectivity index (χ1n) is 13.4. The lowest BCUT2D eigenvalue weighted by Gasteiger charge is -2.44. The summed E-state index contributed by atoms with van der Waals surface area (Å²) < 4.78 is 60.5. The summed E-state index contributed by atoms with van der Waals surface area (Å²) in [6.45, 7) is 0. The first-order valence-corrected chi connectivity index (χ1v) is 16.7.